The molecule has 0 spiro atoms. The minimum Gasteiger partial charge on any atom is -0.380 e. The third kappa shape index (κ3) is 6.62. The van der Waals surface area contributed by atoms with Gasteiger partial charge in [0.15, 0.2) is 0 Å². The quantitative estimate of drug-likeness (QED) is 0.595. The summed E-state index contributed by atoms with van der Waals surface area (Å²) in [6.45, 7) is 8.36. The van der Waals surface area contributed by atoms with E-state index in [4.69, 9.17) is 4.74 Å². The van der Waals surface area contributed by atoms with Gasteiger partial charge in [0.2, 0.25) is 0 Å². The van der Waals surface area contributed by atoms with Crippen LogP contribution in [0.4, 0.5) is 0 Å². The minimum atomic E-state index is 0.525. The van der Waals surface area contributed by atoms with Crippen LogP contribution in [0, 0.1) is 5.92 Å². The molecule has 0 saturated heterocycles. The first-order chi connectivity index (χ1) is 5.70. The monoisotopic (exact) mass is 173 g/mol. The molecule has 0 heterocycles. The van der Waals surface area contributed by atoms with E-state index < -0.39 is 0 Å². The predicted octanol–water partition coefficient (Wildman–Crippen LogP) is 2.05. The van der Waals surface area contributed by atoms with Crippen LogP contribution in [-0.4, -0.2) is 26.3 Å². The molecule has 0 fully saturated rings. The van der Waals surface area contributed by atoms with Crippen molar-refractivity contribution in [3.8, 4) is 0 Å². The van der Waals surface area contributed by atoms with E-state index in [9.17, 15) is 0 Å². The van der Waals surface area contributed by atoms with Crippen LogP contribution in [0.2, 0.25) is 0 Å². The molecule has 1 unspecified atom stereocenters. The predicted molar refractivity (Wildman–Crippen MR) is 53.4 cm³/mol. The Bertz CT molecular complexity index is 89.8. The molecule has 2 nitrogen and oxygen atoms in total. The molecule has 0 amide bonds. The van der Waals surface area contributed by atoms with E-state index in [1.165, 1.54) is 6.42 Å². The summed E-state index contributed by atoms with van der Waals surface area (Å²) in [6.07, 6.45) is 2.30. The summed E-state index contributed by atoms with van der Waals surface area (Å²) in [5.74, 6) is 0.750. The number of hydrogen-bond donors (Lipinski definition) is 1. The first-order valence-electron chi connectivity index (χ1n) is 4.95. The zero-order valence-corrected chi connectivity index (χ0v) is 8.89. The summed E-state index contributed by atoms with van der Waals surface area (Å²) < 4.78 is 5.53. The standard InChI is InChI=1S/C10H23NO/c1-5-10(11-4)8-12-7-6-9(2)3/h9-11H,5-8H2,1-4H3. The van der Waals surface area contributed by atoms with Crippen molar-refractivity contribution in [2.75, 3.05) is 20.3 Å². The lowest BCUT2D eigenvalue weighted by atomic mass is 10.1. The Balaban J connectivity index is 3.17. The van der Waals surface area contributed by atoms with Crippen LogP contribution in [-0.2, 0) is 4.74 Å². The molecule has 12 heavy (non-hydrogen) atoms. The zero-order valence-electron chi connectivity index (χ0n) is 8.89. The molecule has 0 aliphatic heterocycles. The fourth-order valence-corrected chi connectivity index (χ4v) is 0.950. The van der Waals surface area contributed by atoms with Crippen molar-refractivity contribution < 1.29 is 4.74 Å². The van der Waals surface area contributed by atoms with Crippen molar-refractivity contribution in [3.05, 3.63) is 0 Å². The van der Waals surface area contributed by atoms with Crippen LogP contribution >= 0.6 is 0 Å². The van der Waals surface area contributed by atoms with Gasteiger partial charge in [-0.05, 0) is 25.8 Å². The SMILES string of the molecule is CCC(COCCC(C)C)NC. The summed E-state index contributed by atoms with van der Waals surface area (Å²) in [6, 6.07) is 0.525. The lowest BCUT2D eigenvalue weighted by Gasteiger charge is -2.14. The zero-order chi connectivity index (χ0) is 9.40. The molecule has 0 rings (SSSR count). The van der Waals surface area contributed by atoms with Gasteiger partial charge in [-0.1, -0.05) is 20.8 Å². The number of ether oxygens (including phenoxy) is 1. The molecule has 1 N–H and O–H groups in total. The van der Waals surface area contributed by atoms with Gasteiger partial charge in [0.05, 0.1) is 6.61 Å². The summed E-state index contributed by atoms with van der Waals surface area (Å²) in [4.78, 5) is 0. The van der Waals surface area contributed by atoms with Crippen molar-refractivity contribution in [1.82, 2.24) is 5.32 Å². The van der Waals surface area contributed by atoms with Crippen LogP contribution in [0.5, 0.6) is 0 Å². The summed E-state index contributed by atoms with van der Waals surface area (Å²) in [5.41, 5.74) is 0. The molecular weight excluding hydrogens is 150 g/mol. The highest BCUT2D eigenvalue weighted by Crippen LogP contribution is 1.99. The highest BCUT2D eigenvalue weighted by molar-refractivity contribution is 4.59. The fourth-order valence-electron chi connectivity index (χ4n) is 0.950. The third-order valence-electron chi connectivity index (χ3n) is 2.06. The van der Waals surface area contributed by atoms with Crippen molar-refractivity contribution in [2.24, 2.45) is 5.92 Å². The molecular formula is C10H23NO. The van der Waals surface area contributed by atoms with Crippen LogP contribution in [0.3, 0.4) is 0 Å². The van der Waals surface area contributed by atoms with Gasteiger partial charge in [-0.25, -0.2) is 0 Å². The van der Waals surface area contributed by atoms with Gasteiger partial charge in [-0.2, -0.15) is 0 Å². The maximum Gasteiger partial charge on any atom is 0.0619 e. The Hall–Kier alpha value is -0.0800. The van der Waals surface area contributed by atoms with Gasteiger partial charge in [-0.15, -0.1) is 0 Å². The molecule has 0 aromatic heterocycles. The number of rotatable bonds is 7. The Kier molecular flexibility index (Phi) is 7.51. The molecule has 2 heteroatoms. The molecule has 0 aliphatic rings. The first kappa shape index (κ1) is 11.9. The number of hydrogen-bond acceptors (Lipinski definition) is 2. The van der Waals surface area contributed by atoms with Crippen LogP contribution in [0.15, 0.2) is 0 Å². The van der Waals surface area contributed by atoms with Gasteiger partial charge in [0.1, 0.15) is 0 Å². The molecule has 0 aromatic rings. The largest absolute Gasteiger partial charge is 0.380 e. The Morgan fingerprint density at radius 1 is 1.33 bits per heavy atom. The van der Waals surface area contributed by atoms with Crippen LogP contribution < -0.4 is 5.32 Å². The summed E-state index contributed by atoms with van der Waals surface area (Å²) >= 11 is 0. The molecule has 0 aliphatic carbocycles. The Labute approximate surface area is 76.7 Å². The van der Waals surface area contributed by atoms with Gasteiger partial charge in [0.25, 0.3) is 0 Å². The summed E-state index contributed by atoms with van der Waals surface area (Å²) in [7, 11) is 1.99. The van der Waals surface area contributed by atoms with Crippen molar-refractivity contribution >= 4 is 0 Å². The van der Waals surface area contributed by atoms with Crippen molar-refractivity contribution in [1.29, 1.82) is 0 Å². The summed E-state index contributed by atoms with van der Waals surface area (Å²) in [5, 5.41) is 3.21. The lowest BCUT2D eigenvalue weighted by molar-refractivity contribution is 0.103. The van der Waals surface area contributed by atoms with Gasteiger partial charge >= 0.3 is 0 Å². The van der Waals surface area contributed by atoms with E-state index >= 15 is 0 Å². The topological polar surface area (TPSA) is 21.3 Å². The van der Waals surface area contributed by atoms with Crippen molar-refractivity contribution in [3.63, 3.8) is 0 Å². The Morgan fingerprint density at radius 3 is 2.42 bits per heavy atom. The highest BCUT2D eigenvalue weighted by atomic mass is 16.5. The average molecular weight is 173 g/mol. The molecule has 74 valence electrons. The normalized spacial score (nSPS) is 13.8. The Morgan fingerprint density at radius 2 is 2.00 bits per heavy atom. The smallest absolute Gasteiger partial charge is 0.0619 e. The van der Waals surface area contributed by atoms with E-state index in [2.05, 4.69) is 26.1 Å². The van der Waals surface area contributed by atoms with Gasteiger partial charge in [-0.3, -0.25) is 0 Å². The number of nitrogens with one attached hydrogen (secondary N) is 1. The van der Waals surface area contributed by atoms with E-state index in [0.29, 0.717) is 6.04 Å². The molecule has 0 aromatic carbocycles. The fraction of sp³-hybridized carbons (Fsp3) is 1.00. The van der Waals surface area contributed by atoms with Crippen molar-refractivity contribution in [2.45, 2.75) is 39.7 Å². The second kappa shape index (κ2) is 7.56. The van der Waals surface area contributed by atoms with E-state index in [-0.39, 0.29) is 0 Å². The average Bonchev–Trinajstić information content (AvgIpc) is 2.04. The van der Waals surface area contributed by atoms with Crippen LogP contribution in [0.25, 0.3) is 0 Å². The maximum atomic E-state index is 5.53. The number of likely N-dealkylation sites (N-methyl/N-ethyl adjacent to an activating group) is 1. The van der Waals surface area contributed by atoms with E-state index in [0.717, 1.165) is 25.6 Å². The van der Waals surface area contributed by atoms with E-state index in [1.807, 2.05) is 7.05 Å². The highest BCUT2D eigenvalue weighted by Gasteiger charge is 2.02. The molecule has 1 atom stereocenters. The lowest BCUT2D eigenvalue weighted by Crippen LogP contribution is -2.29. The first-order valence-corrected chi connectivity index (χ1v) is 4.95. The minimum absolute atomic E-state index is 0.525. The second-order valence-electron chi connectivity index (χ2n) is 3.65. The van der Waals surface area contributed by atoms with Gasteiger partial charge in [0, 0.05) is 12.6 Å². The van der Waals surface area contributed by atoms with Gasteiger partial charge < -0.3 is 10.1 Å². The molecule has 0 bridgehead atoms. The molecule has 0 saturated carbocycles. The molecule has 0 radical (unpaired) electrons. The maximum absolute atomic E-state index is 5.53. The second-order valence-corrected chi connectivity index (χ2v) is 3.65. The third-order valence-corrected chi connectivity index (χ3v) is 2.06. The van der Waals surface area contributed by atoms with E-state index in [1.54, 1.807) is 0 Å². The van der Waals surface area contributed by atoms with Crippen LogP contribution in [0.1, 0.15) is 33.6 Å².